The molecule has 166 valence electrons. The molecule has 3 aromatic carbocycles. The van der Waals surface area contributed by atoms with Gasteiger partial charge in [0.05, 0.1) is 20.3 Å². The van der Waals surface area contributed by atoms with Crippen LogP contribution in [0.2, 0.25) is 0 Å². The Labute approximate surface area is 187 Å². The molecule has 5 nitrogen and oxygen atoms in total. The first-order valence-corrected chi connectivity index (χ1v) is 10.5. The van der Waals surface area contributed by atoms with Gasteiger partial charge >= 0.3 is 0 Å². The van der Waals surface area contributed by atoms with E-state index in [1.807, 2.05) is 48.2 Å². The number of methoxy groups -OCH3 is 2. The van der Waals surface area contributed by atoms with E-state index in [-0.39, 0.29) is 24.4 Å². The van der Waals surface area contributed by atoms with E-state index in [0.717, 1.165) is 16.7 Å². The first kappa shape index (κ1) is 21.7. The fourth-order valence-electron chi connectivity index (χ4n) is 4.12. The minimum absolute atomic E-state index is 0.0451. The Morgan fingerprint density at radius 2 is 1.72 bits per heavy atom. The van der Waals surface area contributed by atoms with Crippen LogP contribution in [0.4, 0.5) is 4.39 Å². The Kier molecular flexibility index (Phi) is 6.30. The molecular formula is C26H26FNO4. The van der Waals surface area contributed by atoms with Crippen LogP contribution in [0.25, 0.3) is 0 Å². The van der Waals surface area contributed by atoms with E-state index in [0.29, 0.717) is 35.8 Å². The van der Waals surface area contributed by atoms with Gasteiger partial charge in [-0.3, -0.25) is 4.79 Å². The maximum atomic E-state index is 13.5. The number of carbonyl (C=O) groups is 1. The molecule has 32 heavy (non-hydrogen) atoms. The number of nitrogens with zero attached hydrogens (tertiary/aromatic N) is 1. The standard InChI is InChI=1S/C26H26FNO4/c1-17-6-4-5-7-21(17)26(29)28-13-12-18-14-24(30-2)25(31-3)15-22(18)23(28)16-32-20-10-8-19(27)9-11-20/h4-11,14-15,23H,12-13,16H2,1-3H3/t23-/m0/s1. The summed E-state index contributed by atoms with van der Waals surface area (Å²) < 4.78 is 30.3. The molecule has 6 heteroatoms. The molecule has 1 heterocycles. The van der Waals surface area contributed by atoms with Crippen LogP contribution < -0.4 is 14.2 Å². The lowest BCUT2D eigenvalue weighted by Gasteiger charge is -2.38. The van der Waals surface area contributed by atoms with Gasteiger partial charge in [-0.05, 0) is 72.5 Å². The third-order valence-electron chi connectivity index (χ3n) is 5.86. The lowest BCUT2D eigenvalue weighted by molar-refractivity contribution is 0.0588. The zero-order valence-electron chi connectivity index (χ0n) is 18.4. The Balaban J connectivity index is 1.71. The average Bonchev–Trinajstić information content (AvgIpc) is 2.82. The van der Waals surface area contributed by atoms with Crippen molar-refractivity contribution >= 4 is 5.91 Å². The lowest BCUT2D eigenvalue weighted by atomic mass is 9.91. The molecule has 0 N–H and O–H groups in total. The quantitative estimate of drug-likeness (QED) is 0.549. The summed E-state index contributed by atoms with van der Waals surface area (Å²) >= 11 is 0. The zero-order chi connectivity index (χ0) is 22.7. The normalized spacial score (nSPS) is 15.1. The molecule has 0 bridgehead atoms. The molecule has 1 aliphatic heterocycles. The first-order chi connectivity index (χ1) is 15.5. The summed E-state index contributed by atoms with van der Waals surface area (Å²) in [5.74, 6) is 1.43. The van der Waals surface area contributed by atoms with Crippen molar-refractivity contribution in [3.05, 3.63) is 88.7 Å². The fourth-order valence-corrected chi connectivity index (χ4v) is 4.12. The van der Waals surface area contributed by atoms with Gasteiger partial charge in [0.15, 0.2) is 11.5 Å². The summed E-state index contributed by atoms with van der Waals surface area (Å²) in [5.41, 5.74) is 3.64. The summed E-state index contributed by atoms with van der Waals surface area (Å²) in [6, 6.07) is 17.0. The highest BCUT2D eigenvalue weighted by Crippen LogP contribution is 2.39. The second-order valence-corrected chi connectivity index (χ2v) is 7.75. The third-order valence-corrected chi connectivity index (χ3v) is 5.86. The zero-order valence-corrected chi connectivity index (χ0v) is 18.4. The minimum atomic E-state index is -0.337. The summed E-state index contributed by atoms with van der Waals surface area (Å²) in [7, 11) is 3.20. The van der Waals surface area contributed by atoms with Crippen LogP contribution >= 0.6 is 0 Å². The van der Waals surface area contributed by atoms with E-state index in [1.54, 1.807) is 26.4 Å². The summed E-state index contributed by atoms with van der Waals surface area (Å²) in [5, 5.41) is 0. The molecule has 0 unspecified atom stereocenters. The highest BCUT2D eigenvalue weighted by Gasteiger charge is 2.33. The minimum Gasteiger partial charge on any atom is -0.493 e. The second-order valence-electron chi connectivity index (χ2n) is 7.75. The van der Waals surface area contributed by atoms with Gasteiger partial charge in [0.1, 0.15) is 18.2 Å². The number of benzene rings is 3. The van der Waals surface area contributed by atoms with Crippen molar-refractivity contribution in [1.29, 1.82) is 0 Å². The molecule has 0 saturated heterocycles. The van der Waals surface area contributed by atoms with E-state index < -0.39 is 0 Å². The maximum absolute atomic E-state index is 13.5. The Bertz CT molecular complexity index is 1110. The van der Waals surface area contributed by atoms with E-state index in [9.17, 15) is 9.18 Å². The number of amides is 1. The van der Waals surface area contributed by atoms with E-state index in [1.165, 1.54) is 12.1 Å². The van der Waals surface area contributed by atoms with Gasteiger partial charge in [0.25, 0.3) is 5.91 Å². The van der Waals surface area contributed by atoms with Crippen molar-refractivity contribution in [1.82, 2.24) is 4.90 Å². The first-order valence-electron chi connectivity index (χ1n) is 10.5. The summed E-state index contributed by atoms with van der Waals surface area (Å²) in [6.45, 7) is 2.71. The van der Waals surface area contributed by atoms with Crippen LogP contribution in [0.15, 0.2) is 60.7 Å². The van der Waals surface area contributed by atoms with Crippen molar-refractivity contribution < 1.29 is 23.4 Å². The van der Waals surface area contributed by atoms with Crippen LogP contribution in [-0.2, 0) is 6.42 Å². The summed E-state index contributed by atoms with van der Waals surface area (Å²) in [4.78, 5) is 15.4. The predicted molar refractivity (Wildman–Crippen MR) is 120 cm³/mol. The Morgan fingerprint density at radius 3 is 2.41 bits per heavy atom. The van der Waals surface area contributed by atoms with Gasteiger partial charge in [-0.15, -0.1) is 0 Å². The number of rotatable bonds is 6. The van der Waals surface area contributed by atoms with Gasteiger partial charge in [-0.1, -0.05) is 18.2 Å². The number of aryl methyl sites for hydroxylation is 1. The van der Waals surface area contributed by atoms with Crippen LogP contribution in [0, 0.1) is 12.7 Å². The summed E-state index contributed by atoms with van der Waals surface area (Å²) in [6.07, 6.45) is 0.695. The number of carbonyl (C=O) groups excluding carboxylic acids is 1. The number of hydrogen-bond acceptors (Lipinski definition) is 4. The Hall–Kier alpha value is -3.54. The maximum Gasteiger partial charge on any atom is 0.254 e. The molecule has 3 aromatic rings. The Morgan fingerprint density at radius 1 is 1.03 bits per heavy atom. The number of fused-ring (bicyclic) bond motifs is 1. The molecule has 0 fully saturated rings. The molecule has 0 radical (unpaired) electrons. The van der Waals surface area contributed by atoms with Crippen LogP contribution in [0.5, 0.6) is 17.2 Å². The molecule has 0 saturated carbocycles. The molecule has 4 rings (SSSR count). The fraction of sp³-hybridized carbons (Fsp3) is 0.269. The highest BCUT2D eigenvalue weighted by atomic mass is 19.1. The largest absolute Gasteiger partial charge is 0.493 e. The van der Waals surface area contributed by atoms with Crippen molar-refractivity contribution in [2.45, 2.75) is 19.4 Å². The number of ether oxygens (including phenoxy) is 3. The van der Waals surface area contributed by atoms with Crippen molar-refractivity contribution in [2.75, 3.05) is 27.4 Å². The molecule has 0 aromatic heterocycles. The number of halogens is 1. The van der Waals surface area contributed by atoms with Crippen molar-refractivity contribution in [2.24, 2.45) is 0 Å². The molecule has 0 spiro atoms. The molecule has 1 amide bonds. The van der Waals surface area contributed by atoms with Gasteiger partial charge in [-0.25, -0.2) is 4.39 Å². The molecule has 1 aliphatic rings. The smallest absolute Gasteiger partial charge is 0.254 e. The lowest BCUT2D eigenvalue weighted by Crippen LogP contribution is -2.42. The highest BCUT2D eigenvalue weighted by molar-refractivity contribution is 5.96. The van der Waals surface area contributed by atoms with E-state index in [4.69, 9.17) is 14.2 Å². The predicted octanol–water partition coefficient (Wildman–Crippen LogP) is 4.97. The SMILES string of the molecule is COc1cc2c(cc1OC)[C@H](COc1ccc(F)cc1)N(C(=O)c1ccccc1C)CC2. The van der Waals surface area contributed by atoms with Gasteiger partial charge in [0.2, 0.25) is 0 Å². The van der Waals surface area contributed by atoms with Crippen molar-refractivity contribution in [3.63, 3.8) is 0 Å². The monoisotopic (exact) mass is 435 g/mol. The molecule has 1 atom stereocenters. The third kappa shape index (κ3) is 4.26. The number of hydrogen-bond donors (Lipinski definition) is 0. The van der Waals surface area contributed by atoms with Crippen LogP contribution in [0.1, 0.15) is 33.1 Å². The van der Waals surface area contributed by atoms with Gasteiger partial charge in [-0.2, -0.15) is 0 Å². The molecular weight excluding hydrogens is 409 g/mol. The second kappa shape index (κ2) is 9.30. The topological polar surface area (TPSA) is 48.0 Å². The van der Waals surface area contributed by atoms with Crippen molar-refractivity contribution in [3.8, 4) is 17.2 Å². The van der Waals surface area contributed by atoms with E-state index >= 15 is 0 Å². The average molecular weight is 435 g/mol. The van der Waals surface area contributed by atoms with Crippen LogP contribution in [-0.4, -0.2) is 38.2 Å². The van der Waals surface area contributed by atoms with E-state index in [2.05, 4.69) is 0 Å². The van der Waals surface area contributed by atoms with Gasteiger partial charge in [0, 0.05) is 12.1 Å². The molecule has 0 aliphatic carbocycles. The van der Waals surface area contributed by atoms with Crippen LogP contribution in [0.3, 0.4) is 0 Å². The van der Waals surface area contributed by atoms with Gasteiger partial charge < -0.3 is 19.1 Å².